The molecular weight excluding hydrogens is 358 g/mol. The molecule has 0 fully saturated rings. The molecule has 0 aliphatic heterocycles. The summed E-state index contributed by atoms with van der Waals surface area (Å²) >= 11 is 0. The Morgan fingerprint density at radius 1 is 0.862 bits per heavy atom. The quantitative estimate of drug-likeness (QED) is 0.184. The lowest BCUT2D eigenvalue weighted by Crippen LogP contribution is -2.38. The van der Waals surface area contributed by atoms with E-state index in [1.165, 1.54) is 44.9 Å². The average Bonchev–Trinajstić information content (AvgIpc) is 2.71. The van der Waals surface area contributed by atoms with E-state index in [4.69, 9.17) is 0 Å². The van der Waals surface area contributed by atoms with Crippen LogP contribution in [0, 0.1) is 5.92 Å². The van der Waals surface area contributed by atoms with Crippen LogP contribution < -0.4 is 5.32 Å². The third-order valence-corrected chi connectivity index (χ3v) is 4.70. The molecule has 0 unspecified atom stereocenters. The minimum atomic E-state index is -0.0875. The van der Waals surface area contributed by atoms with Crippen LogP contribution in [-0.2, 0) is 4.79 Å². The zero-order valence-electron chi connectivity index (χ0n) is 20.2. The third kappa shape index (κ3) is 24.9. The van der Waals surface area contributed by atoms with Crippen molar-refractivity contribution in [2.24, 2.45) is 5.92 Å². The van der Waals surface area contributed by atoms with Crippen molar-refractivity contribution in [1.82, 2.24) is 5.32 Å². The molecule has 0 aromatic carbocycles. The fraction of sp³-hybridized carbons (Fsp3) is 0.808. The Hall–Kier alpha value is -1.09. The molecule has 0 aromatic rings. The molecule has 0 aliphatic rings. The van der Waals surface area contributed by atoms with Crippen molar-refractivity contribution in [3.8, 4) is 0 Å². The number of aliphatic hydroxyl groups is 1. The monoisotopic (exact) mass is 409 g/mol. The van der Waals surface area contributed by atoms with Gasteiger partial charge in [-0.05, 0) is 50.9 Å². The second kappa shape index (κ2) is 24.9. The lowest BCUT2D eigenvalue weighted by Gasteiger charge is -2.18. The van der Waals surface area contributed by atoms with E-state index in [0.717, 1.165) is 32.1 Å². The number of hydrogen-bond donors (Lipinski definition) is 2. The normalized spacial score (nSPS) is 12.4. The molecule has 0 aliphatic carbocycles. The fourth-order valence-electron chi connectivity index (χ4n) is 3.14. The molecule has 0 spiro atoms. The standard InChI is InChI=1S/C24H45NO2.C2H6/c1-4-5-6-7-8-9-10-11-12-13-14-15-16-17-18-19-24(27)25-23(21-26)20-22(2)3;1-2/h8-9,11-12,22-23,26H,4-7,10,13-21H2,1-3H3,(H,25,27);1-2H3/b9-8-,12-11-;/t23-;/m1./s1. The summed E-state index contributed by atoms with van der Waals surface area (Å²) in [7, 11) is 0. The zero-order chi connectivity index (χ0) is 22.2. The predicted molar refractivity (Wildman–Crippen MR) is 129 cm³/mol. The lowest BCUT2D eigenvalue weighted by atomic mass is 10.0. The van der Waals surface area contributed by atoms with Crippen molar-refractivity contribution in [2.75, 3.05) is 6.61 Å². The van der Waals surface area contributed by atoms with Crippen LogP contribution in [0.4, 0.5) is 0 Å². The van der Waals surface area contributed by atoms with Gasteiger partial charge < -0.3 is 10.4 Å². The smallest absolute Gasteiger partial charge is 0.220 e. The molecule has 0 radical (unpaired) electrons. The Bertz CT molecular complexity index is 388. The van der Waals surface area contributed by atoms with Gasteiger partial charge in [0.05, 0.1) is 12.6 Å². The molecule has 0 rings (SSSR count). The number of nitrogens with one attached hydrogen (secondary N) is 1. The van der Waals surface area contributed by atoms with Gasteiger partial charge in [0.25, 0.3) is 0 Å². The molecule has 0 aromatic heterocycles. The number of rotatable bonds is 18. The van der Waals surface area contributed by atoms with Gasteiger partial charge >= 0.3 is 0 Å². The highest BCUT2D eigenvalue weighted by molar-refractivity contribution is 5.76. The van der Waals surface area contributed by atoms with Crippen molar-refractivity contribution in [3.05, 3.63) is 24.3 Å². The van der Waals surface area contributed by atoms with Crippen LogP contribution >= 0.6 is 0 Å². The van der Waals surface area contributed by atoms with E-state index in [9.17, 15) is 9.90 Å². The van der Waals surface area contributed by atoms with E-state index >= 15 is 0 Å². The highest BCUT2D eigenvalue weighted by atomic mass is 16.3. The summed E-state index contributed by atoms with van der Waals surface area (Å²) in [5.41, 5.74) is 0. The molecule has 29 heavy (non-hydrogen) atoms. The van der Waals surface area contributed by atoms with E-state index in [-0.39, 0.29) is 18.6 Å². The fourth-order valence-corrected chi connectivity index (χ4v) is 3.14. The Morgan fingerprint density at radius 3 is 1.97 bits per heavy atom. The van der Waals surface area contributed by atoms with Gasteiger partial charge in [0.1, 0.15) is 0 Å². The molecule has 172 valence electrons. The van der Waals surface area contributed by atoms with Crippen molar-refractivity contribution >= 4 is 5.91 Å². The number of carbonyl (C=O) groups is 1. The highest BCUT2D eigenvalue weighted by Gasteiger charge is 2.12. The molecule has 1 amide bonds. The minimum Gasteiger partial charge on any atom is -0.394 e. The van der Waals surface area contributed by atoms with E-state index in [0.29, 0.717) is 12.3 Å². The Balaban J connectivity index is 0. The zero-order valence-corrected chi connectivity index (χ0v) is 20.2. The number of aliphatic hydroxyl groups excluding tert-OH is 1. The second-order valence-corrected chi connectivity index (χ2v) is 8.06. The lowest BCUT2D eigenvalue weighted by molar-refractivity contribution is -0.122. The van der Waals surface area contributed by atoms with Crippen molar-refractivity contribution in [1.29, 1.82) is 0 Å². The maximum atomic E-state index is 11.9. The summed E-state index contributed by atoms with van der Waals surface area (Å²) in [5.74, 6) is 0.568. The second-order valence-electron chi connectivity index (χ2n) is 8.06. The van der Waals surface area contributed by atoms with E-state index in [1.807, 2.05) is 13.8 Å². The largest absolute Gasteiger partial charge is 0.394 e. The third-order valence-electron chi connectivity index (χ3n) is 4.70. The molecular formula is C26H51NO2. The van der Waals surface area contributed by atoms with Gasteiger partial charge in [0, 0.05) is 6.42 Å². The Morgan fingerprint density at radius 2 is 1.41 bits per heavy atom. The molecule has 0 saturated carbocycles. The number of unbranched alkanes of at least 4 members (excludes halogenated alkanes) is 8. The van der Waals surface area contributed by atoms with Gasteiger partial charge in [0.2, 0.25) is 5.91 Å². The molecule has 3 heteroatoms. The summed E-state index contributed by atoms with van der Waals surface area (Å²) in [6.45, 7) is 10.5. The maximum Gasteiger partial charge on any atom is 0.220 e. The van der Waals surface area contributed by atoms with Crippen LogP contribution in [0.2, 0.25) is 0 Å². The van der Waals surface area contributed by atoms with Gasteiger partial charge in [-0.2, -0.15) is 0 Å². The van der Waals surface area contributed by atoms with Gasteiger partial charge in [0.15, 0.2) is 0 Å². The first kappa shape index (κ1) is 30.1. The van der Waals surface area contributed by atoms with Crippen LogP contribution in [0.3, 0.4) is 0 Å². The molecule has 1 atom stereocenters. The molecule has 0 heterocycles. The topological polar surface area (TPSA) is 49.3 Å². The highest BCUT2D eigenvalue weighted by Crippen LogP contribution is 2.09. The summed E-state index contributed by atoms with van der Waals surface area (Å²) in [6.07, 6.45) is 23.7. The maximum absolute atomic E-state index is 11.9. The van der Waals surface area contributed by atoms with Crippen LogP contribution in [0.1, 0.15) is 118 Å². The minimum absolute atomic E-state index is 0.0338. The number of carbonyl (C=O) groups excluding carboxylic acids is 1. The Labute approximate surface area is 182 Å². The van der Waals surface area contributed by atoms with Crippen LogP contribution in [-0.4, -0.2) is 23.7 Å². The molecule has 2 N–H and O–H groups in total. The number of allylic oxidation sites excluding steroid dienone is 4. The van der Waals surface area contributed by atoms with Gasteiger partial charge in [-0.15, -0.1) is 0 Å². The summed E-state index contributed by atoms with van der Waals surface area (Å²) < 4.78 is 0. The predicted octanol–water partition coefficient (Wildman–Crippen LogP) is 7.35. The average molecular weight is 410 g/mol. The summed E-state index contributed by atoms with van der Waals surface area (Å²) in [6, 6.07) is -0.0875. The number of amides is 1. The van der Waals surface area contributed by atoms with Gasteiger partial charge in [-0.1, -0.05) is 91.0 Å². The molecule has 3 nitrogen and oxygen atoms in total. The van der Waals surface area contributed by atoms with Crippen LogP contribution in [0.5, 0.6) is 0 Å². The van der Waals surface area contributed by atoms with Crippen molar-refractivity contribution < 1.29 is 9.90 Å². The van der Waals surface area contributed by atoms with E-state index in [2.05, 4.69) is 50.4 Å². The molecule has 0 saturated heterocycles. The van der Waals surface area contributed by atoms with Crippen LogP contribution in [0.15, 0.2) is 24.3 Å². The SMILES string of the molecule is CC.CCCCC/C=C\C/C=C\CCCCCCCC(=O)N[C@@H](CO)CC(C)C. The summed E-state index contributed by atoms with van der Waals surface area (Å²) in [4.78, 5) is 11.9. The Kier molecular flexibility index (Phi) is 25.9. The number of hydrogen-bond acceptors (Lipinski definition) is 2. The van der Waals surface area contributed by atoms with Crippen molar-refractivity contribution in [3.63, 3.8) is 0 Å². The van der Waals surface area contributed by atoms with E-state index < -0.39 is 0 Å². The van der Waals surface area contributed by atoms with Crippen molar-refractivity contribution in [2.45, 2.75) is 124 Å². The first-order valence-electron chi connectivity index (χ1n) is 12.3. The summed E-state index contributed by atoms with van der Waals surface area (Å²) in [5, 5.41) is 12.2. The van der Waals surface area contributed by atoms with Gasteiger partial charge in [-0.3, -0.25) is 4.79 Å². The first-order chi connectivity index (χ1) is 14.1. The molecule has 0 bridgehead atoms. The van der Waals surface area contributed by atoms with E-state index in [1.54, 1.807) is 0 Å². The first-order valence-corrected chi connectivity index (χ1v) is 12.3. The van der Waals surface area contributed by atoms with Crippen LogP contribution in [0.25, 0.3) is 0 Å². The van der Waals surface area contributed by atoms with Gasteiger partial charge in [-0.25, -0.2) is 0 Å².